The van der Waals surface area contributed by atoms with Crippen LogP contribution in [0, 0.1) is 0 Å². The molecule has 0 unspecified atom stereocenters. The Morgan fingerprint density at radius 1 is 0.622 bits per heavy atom. The van der Waals surface area contributed by atoms with Gasteiger partial charge in [-0.05, 0) is 48.2 Å². The first-order chi connectivity index (χ1) is 16.2. The van der Waals surface area contributed by atoms with E-state index < -0.39 is 50.4 Å². The fraction of sp³-hybridized carbons (Fsp3) is 0.333. The molecule has 0 amide bonds. The summed E-state index contributed by atoms with van der Waals surface area (Å²) >= 11 is 0. The summed E-state index contributed by atoms with van der Waals surface area (Å²) < 4.78 is 121. The van der Waals surface area contributed by atoms with Crippen molar-refractivity contribution in [1.82, 2.24) is 8.61 Å². The monoisotopic (exact) mass is 610 g/mol. The fourth-order valence-electron chi connectivity index (χ4n) is 2.88. The van der Waals surface area contributed by atoms with Crippen LogP contribution in [-0.4, -0.2) is 109 Å². The van der Waals surface area contributed by atoms with Crippen molar-refractivity contribution < 1.29 is 42.8 Å². The van der Waals surface area contributed by atoms with Crippen LogP contribution in [0.3, 0.4) is 0 Å². The molecule has 0 aliphatic rings. The molecule has 4 N–H and O–H groups in total. The van der Waals surface area contributed by atoms with Gasteiger partial charge in [0.2, 0.25) is 0 Å². The van der Waals surface area contributed by atoms with Gasteiger partial charge in [-0.1, -0.05) is 12.1 Å². The van der Waals surface area contributed by atoms with Crippen molar-refractivity contribution in [2.75, 3.05) is 37.6 Å². The number of hydrogen-bond acceptors (Lipinski definition) is 8. The summed E-state index contributed by atoms with van der Waals surface area (Å²) in [7, 11) is -12.5. The average molecular weight is 611 g/mol. The third kappa shape index (κ3) is 9.13. The second-order valence-corrected chi connectivity index (χ2v) is 14.4. The van der Waals surface area contributed by atoms with Gasteiger partial charge in [0, 0.05) is 28.2 Å². The van der Waals surface area contributed by atoms with E-state index in [9.17, 15) is 42.8 Å². The van der Waals surface area contributed by atoms with Crippen LogP contribution in [0.5, 0.6) is 0 Å². The maximum absolute atomic E-state index is 12.0. The molecule has 0 aliphatic heterocycles. The van der Waals surface area contributed by atoms with Gasteiger partial charge >= 0.3 is 50.0 Å². The van der Waals surface area contributed by atoms with Gasteiger partial charge in [0.15, 0.2) is 0 Å². The maximum atomic E-state index is 12.0. The third-order valence-corrected chi connectivity index (χ3v) is 9.59. The predicted octanol–water partition coefficient (Wildman–Crippen LogP) is -0.247. The molecule has 2 aromatic carbocycles. The van der Waals surface area contributed by atoms with E-state index in [4.69, 9.17) is 0 Å². The molecule has 0 saturated carbocycles. The van der Waals surface area contributed by atoms with Crippen LogP contribution in [0.1, 0.15) is 11.1 Å². The second-order valence-electron chi connectivity index (χ2n) is 7.87. The molecular weight excluding hydrogens is 583 g/mol. The van der Waals surface area contributed by atoms with E-state index in [1.54, 1.807) is 0 Å². The molecule has 0 aliphatic carbocycles. The molecule has 0 bridgehead atoms. The molecule has 0 radical (unpaired) electrons. The van der Waals surface area contributed by atoms with Crippen LogP contribution in [-0.2, 0) is 53.5 Å². The Labute approximate surface area is 239 Å². The molecule has 0 aromatic heterocycles. The van der Waals surface area contributed by atoms with Crippen LogP contribution in [0.15, 0.2) is 46.2 Å². The van der Waals surface area contributed by atoms with Gasteiger partial charge in [0.25, 0.3) is 20.2 Å². The first kappa shape index (κ1) is 33.7. The molecule has 0 heterocycles. The number of nitrogens with one attached hydrogen (secondary N) is 2. The number of anilines is 2. The molecule has 19 heteroatoms. The third-order valence-electron chi connectivity index (χ3n) is 4.81. The normalized spacial score (nSPS) is 12.9. The van der Waals surface area contributed by atoms with Gasteiger partial charge in [-0.15, -0.1) is 0 Å². The van der Waals surface area contributed by atoms with Crippen molar-refractivity contribution in [3.63, 3.8) is 0 Å². The molecule has 204 valence electrons. The Balaban J connectivity index is 0.00000684. The molecule has 37 heavy (non-hydrogen) atoms. The Morgan fingerprint density at radius 2 is 0.919 bits per heavy atom. The van der Waals surface area contributed by atoms with Crippen molar-refractivity contribution in [2.24, 2.45) is 0 Å². The van der Waals surface area contributed by atoms with E-state index in [1.165, 1.54) is 52.5 Å². The summed E-state index contributed by atoms with van der Waals surface area (Å²) in [4.78, 5) is -1.21. The molecule has 0 atom stereocenters. The minimum absolute atomic E-state index is 0. The van der Waals surface area contributed by atoms with Gasteiger partial charge in [-0.25, -0.2) is 0 Å². The first-order valence-electron chi connectivity index (χ1n) is 9.85. The van der Waals surface area contributed by atoms with Gasteiger partial charge in [-0.3, -0.25) is 18.5 Å². The molecular formula is C18H27N4NaO10S4. The Kier molecular flexibility index (Phi) is 11.2. The van der Waals surface area contributed by atoms with E-state index in [-0.39, 0.29) is 64.9 Å². The number of aryl methyl sites for hydroxylation is 2. The molecule has 2 aromatic rings. The summed E-state index contributed by atoms with van der Waals surface area (Å²) in [5.41, 5.74) is -0.222. The van der Waals surface area contributed by atoms with Crippen molar-refractivity contribution in [3.05, 3.63) is 47.5 Å². The quantitative estimate of drug-likeness (QED) is 0.194. The summed E-state index contributed by atoms with van der Waals surface area (Å²) in [5, 5.41) is 0. The van der Waals surface area contributed by atoms with Crippen molar-refractivity contribution in [3.8, 4) is 0 Å². The molecule has 2 rings (SSSR count). The predicted molar refractivity (Wildman–Crippen MR) is 140 cm³/mol. The van der Waals surface area contributed by atoms with Crippen LogP contribution in [0.4, 0.5) is 11.4 Å². The van der Waals surface area contributed by atoms with E-state index in [0.717, 1.165) is 20.7 Å². The summed E-state index contributed by atoms with van der Waals surface area (Å²) in [5.74, 6) is 0. The second kappa shape index (κ2) is 12.2. The first-order valence-corrected chi connectivity index (χ1v) is 15.6. The van der Waals surface area contributed by atoms with E-state index in [0.29, 0.717) is 0 Å². The minimum atomic E-state index is -4.81. The number of benzene rings is 2. The van der Waals surface area contributed by atoms with Gasteiger partial charge in [0.05, 0.1) is 21.2 Å². The zero-order valence-electron chi connectivity index (χ0n) is 19.6. The summed E-state index contributed by atoms with van der Waals surface area (Å²) in [6.45, 7) is 0. The zero-order valence-corrected chi connectivity index (χ0v) is 22.8. The van der Waals surface area contributed by atoms with Crippen molar-refractivity contribution in [2.45, 2.75) is 22.6 Å². The molecule has 0 spiro atoms. The standard InChI is InChI=1S/C18H26N4O10S4.Na.H/c1-21(2)35(29,30)19-15-9-7-13(17(11-15)33(23,24)25)5-6-14-8-10-16(12-18(14)34(26,27)28)20-36(31,32)22(3)4;;/h7-12,19-20H,5-6H2,1-4H3,(H,23,24,25)(H,26,27,28);;. The van der Waals surface area contributed by atoms with Gasteiger partial charge in [0.1, 0.15) is 0 Å². The number of nitrogens with zero attached hydrogens (tertiary/aromatic N) is 2. The van der Waals surface area contributed by atoms with Crippen LogP contribution in [0.25, 0.3) is 0 Å². The Hall–Kier alpha value is -1.32. The van der Waals surface area contributed by atoms with Crippen molar-refractivity contribution >= 4 is 81.6 Å². The molecule has 0 saturated heterocycles. The summed E-state index contributed by atoms with van der Waals surface area (Å²) in [6.07, 6.45) is -0.303. The van der Waals surface area contributed by atoms with Crippen LogP contribution in [0.2, 0.25) is 0 Å². The van der Waals surface area contributed by atoms with Gasteiger partial charge in [-0.2, -0.15) is 42.3 Å². The molecule has 0 fully saturated rings. The van der Waals surface area contributed by atoms with Crippen molar-refractivity contribution in [1.29, 1.82) is 0 Å². The Bertz CT molecular complexity index is 1450. The number of hydrogen-bond donors (Lipinski definition) is 4. The van der Waals surface area contributed by atoms with E-state index >= 15 is 0 Å². The van der Waals surface area contributed by atoms with E-state index in [2.05, 4.69) is 9.44 Å². The average Bonchev–Trinajstić information content (AvgIpc) is 2.71. The Morgan fingerprint density at radius 3 is 1.16 bits per heavy atom. The SMILES string of the molecule is CN(C)S(=O)(=O)Nc1ccc(CCc2ccc(NS(=O)(=O)N(C)C)cc2S(=O)(=O)O)c(S(=O)(=O)O)c1.[NaH]. The molecule has 14 nitrogen and oxygen atoms in total. The number of rotatable bonds is 11. The zero-order chi connectivity index (χ0) is 27.7. The van der Waals surface area contributed by atoms with Crippen LogP contribution < -0.4 is 9.44 Å². The fourth-order valence-corrected chi connectivity index (χ4v) is 5.65. The summed E-state index contributed by atoms with van der Waals surface area (Å²) in [6, 6.07) is 6.82. The van der Waals surface area contributed by atoms with Crippen LogP contribution >= 0.6 is 0 Å². The van der Waals surface area contributed by atoms with E-state index in [1.807, 2.05) is 0 Å². The topological polar surface area (TPSA) is 208 Å². The van der Waals surface area contributed by atoms with Gasteiger partial charge < -0.3 is 0 Å².